The Hall–Kier alpha value is -4.59. The lowest BCUT2D eigenvalue weighted by Crippen LogP contribution is -2.38. The molecule has 0 aliphatic carbocycles. The van der Waals surface area contributed by atoms with Crippen LogP contribution in [-0.2, 0) is 0 Å². The molecule has 166 valence electrons. The molecule has 8 heteroatoms. The minimum Gasteiger partial charge on any atom is -0.497 e. The molecule has 0 unspecified atom stereocenters. The maximum absolute atomic E-state index is 13.5. The Morgan fingerprint density at radius 2 is 1.39 bits per heavy atom. The van der Waals surface area contributed by atoms with Crippen LogP contribution in [0.25, 0.3) is 11.3 Å². The number of aromatic nitrogens is 2. The van der Waals surface area contributed by atoms with Gasteiger partial charge in [0.25, 0.3) is 5.56 Å². The Bertz CT molecular complexity index is 1390. The molecule has 33 heavy (non-hydrogen) atoms. The van der Waals surface area contributed by atoms with Crippen LogP contribution in [0.15, 0.2) is 88.5 Å². The Morgan fingerprint density at radius 3 is 1.97 bits per heavy atom. The van der Waals surface area contributed by atoms with Gasteiger partial charge in [0.15, 0.2) is 0 Å². The molecule has 4 aromatic rings. The first kappa shape index (κ1) is 21.6. The number of para-hydroxylation sites is 1. The topological polar surface area (TPSA) is 102 Å². The van der Waals surface area contributed by atoms with Crippen LogP contribution in [0, 0.1) is 0 Å². The lowest BCUT2D eigenvalue weighted by molar-refractivity contribution is 0.103. The molecule has 8 nitrogen and oxygen atoms in total. The molecule has 3 aromatic carbocycles. The van der Waals surface area contributed by atoms with E-state index in [2.05, 4.69) is 10.4 Å². The van der Waals surface area contributed by atoms with Crippen LogP contribution in [0.5, 0.6) is 11.5 Å². The van der Waals surface area contributed by atoms with E-state index in [1.165, 1.54) is 14.2 Å². The number of rotatable bonds is 7. The number of ether oxygens (including phenoxy) is 2. The molecule has 0 saturated carbocycles. The Kier molecular flexibility index (Phi) is 6.08. The highest BCUT2D eigenvalue weighted by Gasteiger charge is 2.24. The van der Waals surface area contributed by atoms with Gasteiger partial charge in [0.2, 0.25) is 5.78 Å². The van der Waals surface area contributed by atoms with Crippen molar-refractivity contribution >= 4 is 11.5 Å². The van der Waals surface area contributed by atoms with Gasteiger partial charge in [-0.2, -0.15) is 0 Å². The zero-order valence-electron chi connectivity index (χ0n) is 18.0. The number of carbonyl (C=O) groups excluding carboxylic acids is 1. The molecule has 0 radical (unpaired) electrons. The molecule has 0 atom stereocenters. The summed E-state index contributed by atoms with van der Waals surface area (Å²) >= 11 is 0. The number of benzene rings is 3. The maximum Gasteiger partial charge on any atom is 0.347 e. The number of H-pyrrole nitrogens is 1. The quantitative estimate of drug-likeness (QED) is 0.425. The van der Waals surface area contributed by atoms with Gasteiger partial charge in [-0.15, -0.1) is 0 Å². The van der Waals surface area contributed by atoms with Gasteiger partial charge in [-0.25, -0.2) is 9.47 Å². The van der Waals surface area contributed by atoms with Gasteiger partial charge < -0.3 is 9.47 Å². The first-order valence-electron chi connectivity index (χ1n) is 10.1. The van der Waals surface area contributed by atoms with Crippen LogP contribution in [0.2, 0.25) is 0 Å². The zero-order chi connectivity index (χ0) is 23.4. The second kappa shape index (κ2) is 9.27. The average molecular weight is 443 g/mol. The molecule has 2 N–H and O–H groups in total. The third kappa shape index (κ3) is 4.40. The van der Waals surface area contributed by atoms with Crippen molar-refractivity contribution in [2.75, 3.05) is 19.6 Å². The van der Waals surface area contributed by atoms with Crippen LogP contribution in [0.3, 0.4) is 0 Å². The molecular formula is C25H21N3O5. The van der Waals surface area contributed by atoms with E-state index in [1.54, 1.807) is 72.8 Å². The van der Waals surface area contributed by atoms with E-state index in [9.17, 15) is 14.4 Å². The van der Waals surface area contributed by atoms with E-state index in [0.29, 0.717) is 22.7 Å². The van der Waals surface area contributed by atoms with Gasteiger partial charge >= 0.3 is 5.69 Å². The molecule has 0 fully saturated rings. The van der Waals surface area contributed by atoms with E-state index in [-0.39, 0.29) is 16.8 Å². The predicted molar refractivity (Wildman–Crippen MR) is 125 cm³/mol. The van der Waals surface area contributed by atoms with E-state index in [1.807, 2.05) is 6.07 Å². The van der Waals surface area contributed by atoms with Crippen molar-refractivity contribution in [1.29, 1.82) is 0 Å². The number of carbonyl (C=O) groups is 1. The Morgan fingerprint density at radius 1 is 0.818 bits per heavy atom. The van der Waals surface area contributed by atoms with Crippen molar-refractivity contribution in [3.63, 3.8) is 0 Å². The van der Waals surface area contributed by atoms with E-state index in [4.69, 9.17) is 9.47 Å². The van der Waals surface area contributed by atoms with Gasteiger partial charge in [-0.05, 0) is 60.7 Å². The standard InChI is InChI=1S/C25H21N3O5/c1-32-19-12-8-16(9-13-19)22-21(23(29)17-10-14-20(33-2)15-11-17)24(30)26-25(31)28(22)27-18-6-4-3-5-7-18/h3-15,27H,1-2H3,(H,26,30,31). The highest BCUT2D eigenvalue weighted by molar-refractivity contribution is 6.12. The fourth-order valence-corrected chi connectivity index (χ4v) is 3.40. The minimum atomic E-state index is -0.780. The summed E-state index contributed by atoms with van der Waals surface area (Å²) in [5.74, 6) is 0.636. The molecular weight excluding hydrogens is 422 g/mol. The molecule has 1 aromatic heterocycles. The number of anilines is 1. The molecule has 0 spiro atoms. The monoisotopic (exact) mass is 443 g/mol. The number of nitrogens with zero attached hydrogens (tertiary/aromatic N) is 1. The third-order valence-electron chi connectivity index (χ3n) is 5.07. The zero-order valence-corrected chi connectivity index (χ0v) is 18.0. The number of hydrogen-bond acceptors (Lipinski definition) is 6. The van der Waals surface area contributed by atoms with Gasteiger partial charge in [0, 0.05) is 11.1 Å². The van der Waals surface area contributed by atoms with E-state index >= 15 is 0 Å². The summed E-state index contributed by atoms with van der Waals surface area (Å²) < 4.78 is 11.5. The Balaban J connectivity index is 1.95. The lowest BCUT2D eigenvalue weighted by Gasteiger charge is -2.18. The number of methoxy groups -OCH3 is 2. The summed E-state index contributed by atoms with van der Waals surface area (Å²) in [5, 5.41) is 0. The van der Waals surface area contributed by atoms with Gasteiger partial charge in [-0.3, -0.25) is 20.0 Å². The van der Waals surface area contributed by atoms with Crippen LogP contribution in [0.4, 0.5) is 5.69 Å². The van der Waals surface area contributed by atoms with Crippen LogP contribution in [0.1, 0.15) is 15.9 Å². The summed E-state index contributed by atoms with van der Waals surface area (Å²) in [5.41, 5.74) is 2.83. The normalized spacial score (nSPS) is 10.5. The van der Waals surface area contributed by atoms with E-state index in [0.717, 1.165) is 4.68 Å². The van der Waals surface area contributed by atoms with E-state index < -0.39 is 17.0 Å². The molecule has 0 aliphatic heterocycles. The second-order valence-corrected chi connectivity index (χ2v) is 7.08. The van der Waals surface area contributed by atoms with Gasteiger partial charge in [0.1, 0.15) is 17.1 Å². The highest BCUT2D eigenvalue weighted by atomic mass is 16.5. The van der Waals surface area contributed by atoms with Crippen molar-refractivity contribution in [1.82, 2.24) is 9.66 Å². The van der Waals surface area contributed by atoms with Gasteiger partial charge in [-0.1, -0.05) is 18.2 Å². The number of hydrogen-bond donors (Lipinski definition) is 2. The summed E-state index contributed by atoms with van der Waals surface area (Å²) in [6, 6.07) is 22.1. The Labute approximate surface area is 189 Å². The fraction of sp³-hybridized carbons (Fsp3) is 0.0800. The molecule has 4 rings (SSSR count). The predicted octanol–water partition coefficient (Wildman–Crippen LogP) is 3.33. The molecule has 1 heterocycles. The van der Waals surface area contributed by atoms with Crippen molar-refractivity contribution < 1.29 is 14.3 Å². The van der Waals surface area contributed by atoms with Crippen molar-refractivity contribution in [2.45, 2.75) is 0 Å². The maximum atomic E-state index is 13.5. The van der Waals surface area contributed by atoms with Gasteiger partial charge in [0.05, 0.1) is 25.6 Å². The largest absolute Gasteiger partial charge is 0.497 e. The van der Waals surface area contributed by atoms with Crippen LogP contribution >= 0.6 is 0 Å². The summed E-state index contributed by atoms with van der Waals surface area (Å²) in [6.07, 6.45) is 0. The third-order valence-corrected chi connectivity index (χ3v) is 5.07. The van der Waals surface area contributed by atoms with Crippen LogP contribution < -0.4 is 26.1 Å². The van der Waals surface area contributed by atoms with Crippen LogP contribution in [-0.4, -0.2) is 29.7 Å². The molecule has 0 bridgehead atoms. The smallest absolute Gasteiger partial charge is 0.347 e. The molecule has 0 amide bonds. The average Bonchev–Trinajstić information content (AvgIpc) is 2.86. The minimum absolute atomic E-state index is 0.135. The highest BCUT2D eigenvalue weighted by Crippen LogP contribution is 2.26. The summed E-state index contributed by atoms with van der Waals surface area (Å²) in [6.45, 7) is 0. The SMILES string of the molecule is COc1ccc(C(=O)c2c(-c3ccc(OC)cc3)n(Nc3ccccc3)c(=O)[nH]c2=O)cc1. The molecule has 0 aliphatic rings. The first-order chi connectivity index (χ1) is 16.0. The lowest BCUT2D eigenvalue weighted by atomic mass is 9.99. The van der Waals surface area contributed by atoms with Crippen molar-refractivity contribution in [2.24, 2.45) is 0 Å². The number of nitrogens with one attached hydrogen (secondary N) is 2. The summed E-state index contributed by atoms with van der Waals surface area (Å²) in [4.78, 5) is 41.5. The molecule has 0 saturated heterocycles. The fourth-order valence-electron chi connectivity index (χ4n) is 3.40. The number of aromatic amines is 1. The van der Waals surface area contributed by atoms with Crippen molar-refractivity contribution in [3.05, 3.63) is 111 Å². The second-order valence-electron chi connectivity index (χ2n) is 7.08. The first-order valence-corrected chi connectivity index (χ1v) is 10.1. The van der Waals surface area contributed by atoms with Crippen molar-refractivity contribution in [3.8, 4) is 22.8 Å². The number of ketones is 1. The summed E-state index contributed by atoms with van der Waals surface area (Å²) in [7, 11) is 3.06.